The van der Waals surface area contributed by atoms with Gasteiger partial charge in [0, 0.05) is 5.41 Å². The summed E-state index contributed by atoms with van der Waals surface area (Å²) in [6.07, 6.45) is 4.60. The number of hydrogen-bond donors (Lipinski definition) is 1. The van der Waals surface area contributed by atoms with Crippen LogP contribution in [0.2, 0.25) is 0 Å². The molecule has 2 aromatic rings. The highest BCUT2D eigenvalue weighted by atomic mass is 16.3. The fourth-order valence-electron chi connectivity index (χ4n) is 4.49. The van der Waals surface area contributed by atoms with Gasteiger partial charge in [0.1, 0.15) is 0 Å². The first-order valence-corrected chi connectivity index (χ1v) is 7.32. The molecule has 3 unspecified atom stereocenters. The van der Waals surface area contributed by atoms with Gasteiger partial charge in [0.15, 0.2) is 0 Å². The van der Waals surface area contributed by atoms with E-state index in [9.17, 15) is 5.11 Å². The monoisotopic (exact) mass is 252 g/mol. The lowest BCUT2D eigenvalue weighted by Gasteiger charge is -2.41. The van der Waals surface area contributed by atoms with Crippen LogP contribution in [0.15, 0.2) is 42.5 Å². The average molecular weight is 252 g/mol. The summed E-state index contributed by atoms with van der Waals surface area (Å²) in [6, 6.07) is 14.9. The minimum absolute atomic E-state index is 0.0835. The quantitative estimate of drug-likeness (QED) is 0.805. The second-order valence-corrected chi connectivity index (χ2v) is 6.80. The van der Waals surface area contributed by atoms with Gasteiger partial charge in [-0.3, -0.25) is 0 Å². The second-order valence-electron chi connectivity index (χ2n) is 6.80. The van der Waals surface area contributed by atoms with Crippen molar-refractivity contribution in [2.24, 2.45) is 11.3 Å². The van der Waals surface area contributed by atoms with Crippen molar-refractivity contribution in [2.45, 2.75) is 38.2 Å². The Balaban J connectivity index is 1.86. The van der Waals surface area contributed by atoms with Crippen LogP contribution >= 0.6 is 0 Å². The summed E-state index contributed by atoms with van der Waals surface area (Å²) in [6.45, 7) is 2.27. The first-order valence-electron chi connectivity index (χ1n) is 7.32. The van der Waals surface area contributed by atoms with Gasteiger partial charge in [-0.15, -0.1) is 0 Å². The highest BCUT2D eigenvalue weighted by molar-refractivity contribution is 5.83. The maximum atomic E-state index is 11.3. The number of aliphatic hydroxyl groups is 1. The third kappa shape index (κ3) is 1.45. The molecule has 0 saturated heterocycles. The largest absolute Gasteiger partial charge is 0.385 e. The van der Waals surface area contributed by atoms with Crippen molar-refractivity contribution < 1.29 is 5.11 Å². The van der Waals surface area contributed by atoms with Gasteiger partial charge in [0.25, 0.3) is 0 Å². The Labute approximate surface area is 114 Å². The zero-order valence-electron chi connectivity index (χ0n) is 11.4. The number of benzene rings is 2. The van der Waals surface area contributed by atoms with E-state index in [0.29, 0.717) is 0 Å². The van der Waals surface area contributed by atoms with E-state index in [0.717, 1.165) is 17.9 Å². The molecule has 2 fully saturated rings. The number of rotatable bonds is 1. The molecular weight excluding hydrogens is 232 g/mol. The Kier molecular flexibility index (Phi) is 2.18. The third-order valence-corrected chi connectivity index (χ3v) is 5.65. The molecule has 0 amide bonds. The van der Waals surface area contributed by atoms with Crippen molar-refractivity contribution >= 4 is 10.8 Å². The smallest absolute Gasteiger partial charge is 0.0952 e. The van der Waals surface area contributed by atoms with Crippen molar-refractivity contribution in [2.75, 3.05) is 0 Å². The summed E-state index contributed by atoms with van der Waals surface area (Å²) in [7, 11) is 0. The summed E-state index contributed by atoms with van der Waals surface area (Å²) in [5.74, 6) is 0.724. The molecule has 3 atom stereocenters. The molecule has 2 aliphatic rings. The van der Waals surface area contributed by atoms with Gasteiger partial charge in [-0.1, -0.05) is 43.3 Å². The lowest BCUT2D eigenvalue weighted by molar-refractivity contribution is -0.0706. The van der Waals surface area contributed by atoms with Crippen molar-refractivity contribution in [3.05, 3.63) is 48.0 Å². The predicted molar refractivity (Wildman–Crippen MR) is 77.9 cm³/mol. The molecule has 0 radical (unpaired) electrons. The van der Waals surface area contributed by atoms with Crippen molar-refractivity contribution in [1.82, 2.24) is 0 Å². The molecule has 0 spiro atoms. The Bertz CT molecular complexity index is 647. The molecule has 0 heterocycles. The Morgan fingerprint density at radius 3 is 2.53 bits per heavy atom. The van der Waals surface area contributed by atoms with E-state index in [1.807, 2.05) is 0 Å². The van der Waals surface area contributed by atoms with E-state index in [-0.39, 0.29) is 5.41 Å². The van der Waals surface area contributed by atoms with Crippen LogP contribution in [0.4, 0.5) is 0 Å². The highest BCUT2D eigenvalue weighted by Crippen LogP contribution is 2.63. The molecule has 4 rings (SSSR count). The van der Waals surface area contributed by atoms with Gasteiger partial charge in [-0.05, 0) is 54.0 Å². The summed E-state index contributed by atoms with van der Waals surface area (Å²) >= 11 is 0. The van der Waals surface area contributed by atoms with Crippen LogP contribution in [0.1, 0.15) is 38.2 Å². The summed E-state index contributed by atoms with van der Waals surface area (Å²) < 4.78 is 0. The average Bonchev–Trinajstić information content (AvgIpc) is 2.91. The lowest BCUT2D eigenvalue weighted by atomic mass is 9.69. The van der Waals surface area contributed by atoms with Crippen LogP contribution in [0, 0.1) is 11.3 Å². The molecule has 0 aliphatic heterocycles. The van der Waals surface area contributed by atoms with Crippen LogP contribution in [0.3, 0.4) is 0 Å². The summed E-state index contributed by atoms with van der Waals surface area (Å²) in [4.78, 5) is 0. The van der Waals surface area contributed by atoms with E-state index in [4.69, 9.17) is 0 Å². The lowest BCUT2D eigenvalue weighted by Crippen LogP contribution is -2.40. The molecule has 2 bridgehead atoms. The molecule has 1 heteroatoms. The van der Waals surface area contributed by atoms with Crippen LogP contribution in [0.5, 0.6) is 0 Å². The summed E-state index contributed by atoms with van der Waals surface area (Å²) in [5.41, 5.74) is 0.593. The second kappa shape index (κ2) is 3.61. The van der Waals surface area contributed by atoms with Crippen LogP contribution in [-0.2, 0) is 5.60 Å². The van der Waals surface area contributed by atoms with Crippen molar-refractivity contribution in [3.8, 4) is 0 Å². The normalized spacial score (nSPS) is 37.1. The molecule has 98 valence electrons. The zero-order chi connectivity index (χ0) is 13.1. The number of fused-ring (bicyclic) bond motifs is 3. The molecule has 19 heavy (non-hydrogen) atoms. The zero-order valence-corrected chi connectivity index (χ0v) is 11.4. The standard InChI is InChI=1S/C18H20O/c1-17-9-8-13(11-17)12-18(17,19)16-7-6-14-4-2-3-5-15(14)10-16/h2-7,10,13,19H,8-9,11-12H2,1H3. The SMILES string of the molecule is CC12CCC(C1)CC2(O)c1ccc2ccccc2c1. The van der Waals surface area contributed by atoms with Gasteiger partial charge < -0.3 is 5.11 Å². The summed E-state index contributed by atoms with van der Waals surface area (Å²) in [5, 5.41) is 13.8. The molecule has 1 N–H and O–H groups in total. The molecule has 2 aromatic carbocycles. The minimum atomic E-state index is -0.611. The minimum Gasteiger partial charge on any atom is -0.385 e. The molecular formula is C18H20O. The van der Waals surface area contributed by atoms with Crippen LogP contribution in [-0.4, -0.2) is 5.11 Å². The van der Waals surface area contributed by atoms with E-state index < -0.39 is 5.60 Å². The third-order valence-electron chi connectivity index (χ3n) is 5.65. The van der Waals surface area contributed by atoms with E-state index in [2.05, 4.69) is 49.4 Å². The van der Waals surface area contributed by atoms with E-state index >= 15 is 0 Å². The maximum absolute atomic E-state index is 11.3. The highest BCUT2D eigenvalue weighted by Gasteiger charge is 2.58. The number of hydrogen-bond acceptors (Lipinski definition) is 1. The Morgan fingerprint density at radius 2 is 1.84 bits per heavy atom. The topological polar surface area (TPSA) is 20.2 Å². The molecule has 1 nitrogen and oxygen atoms in total. The van der Waals surface area contributed by atoms with E-state index in [1.54, 1.807) is 0 Å². The molecule has 0 aromatic heterocycles. The van der Waals surface area contributed by atoms with Gasteiger partial charge in [0.2, 0.25) is 0 Å². The fourth-order valence-corrected chi connectivity index (χ4v) is 4.49. The Hall–Kier alpha value is -1.34. The Morgan fingerprint density at radius 1 is 1.05 bits per heavy atom. The van der Waals surface area contributed by atoms with Crippen LogP contribution < -0.4 is 0 Å². The first-order chi connectivity index (χ1) is 9.11. The van der Waals surface area contributed by atoms with Crippen molar-refractivity contribution in [3.63, 3.8) is 0 Å². The van der Waals surface area contributed by atoms with Gasteiger partial charge in [-0.25, -0.2) is 0 Å². The fraction of sp³-hybridized carbons (Fsp3) is 0.444. The first kappa shape index (κ1) is 11.5. The molecule has 2 saturated carbocycles. The van der Waals surface area contributed by atoms with E-state index in [1.165, 1.54) is 30.0 Å². The maximum Gasteiger partial charge on any atom is 0.0952 e. The predicted octanol–water partition coefficient (Wildman–Crippen LogP) is 4.24. The van der Waals surface area contributed by atoms with Gasteiger partial charge in [-0.2, -0.15) is 0 Å². The van der Waals surface area contributed by atoms with Gasteiger partial charge >= 0.3 is 0 Å². The van der Waals surface area contributed by atoms with Crippen LogP contribution in [0.25, 0.3) is 10.8 Å². The molecule has 2 aliphatic carbocycles. The van der Waals surface area contributed by atoms with Gasteiger partial charge in [0.05, 0.1) is 5.60 Å². The van der Waals surface area contributed by atoms with Crippen molar-refractivity contribution in [1.29, 1.82) is 0 Å².